The van der Waals surface area contributed by atoms with Gasteiger partial charge in [0, 0.05) is 18.1 Å². The van der Waals surface area contributed by atoms with Gasteiger partial charge in [-0.05, 0) is 6.92 Å². The topological polar surface area (TPSA) is 75.1 Å². The van der Waals surface area contributed by atoms with Crippen LogP contribution in [0.3, 0.4) is 0 Å². The fourth-order valence-corrected chi connectivity index (χ4v) is 1.27. The molecular weight excluding hydrogens is 214 g/mol. The lowest BCUT2D eigenvalue weighted by Crippen LogP contribution is -2.33. The molecule has 7 heteroatoms. The number of aromatic nitrogens is 2. The molecule has 0 spiro atoms. The van der Waals surface area contributed by atoms with E-state index in [1.807, 2.05) is 0 Å². The van der Waals surface area contributed by atoms with Crippen LogP contribution in [-0.2, 0) is 11.3 Å². The van der Waals surface area contributed by atoms with Crippen LogP contribution in [0.5, 0.6) is 0 Å². The van der Waals surface area contributed by atoms with Crippen LogP contribution in [0.25, 0.3) is 0 Å². The zero-order valence-corrected chi connectivity index (χ0v) is 8.39. The Kier molecular flexibility index (Phi) is 3.58. The largest absolute Gasteiger partial charge is 0.480 e. The van der Waals surface area contributed by atoms with Crippen molar-refractivity contribution in [3.05, 3.63) is 10.0 Å². The van der Waals surface area contributed by atoms with Gasteiger partial charge in [0.1, 0.15) is 16.1 Å². The van der Waals surface area contributed by atoms with Crippen molar-refractivity contribution in [2.75, 3.05) is 0 Å². The number of aliphatic carboxylic acids is 1. The molecule has 5 nitrogen and oxygen atoms in total. The van der Waals surface area contributed by atoms with E-state index in [4.69, 9.17) is 16.7 Å². The monoisotopic (exact) mass is 221 g/mol. The van der Waals surface area contributed by atoms with Crippen LogP contribution < -0.4 is 5.32 Å². The van der Waals surface area contributed by atoms with Crippen molar-refractivity contribution in [2.24, 2.45) is 0 Å². The summed E-state index contributed by atoms with van der Waals surface area (Å²) in [6, 6.07) is -0.613. The molecule has 0 aliphatic heterocycles. The number of hydrogen-bond donors (Lipinski definition) is 2. The van der Waals surface area contributed by atoms with Gasteiger partial charge < -0.3 is 5.11 Å². The van der Waals surface area contributed by atoms with Crippen molar-refractivity contribution < 1.29 is 9.90 Å². The number of rotatable bonds is 4. The number of carboxylic acid groups (broad SMARTS) is 1. The maximum absolute atomic E-state index is 10.4. The lowest BCUT2D eigenvalue weighted by molar-refractivity contribution is -0.139. The number of carbonyl (C=O) groups is 1. The van der Waals surface area contributed by atoms with Gasteiger partial charge in [-0.3, -0.25) is 10.1 Å². The van der Waals surface area contributed by atoms with E-state index < -0.39 is 12.0 Å². The smallest absolute Gasteiger partial charge is 0.320 e. The summed E-state index contributed by atoms with van der Waals surface area (Å²) in [5.74, 6) is -0.903. The molecule has 1 aromatic heterocycles. The Morgan fingerprint density at radius 1 is 1.85 bits per heavy atom. The first kappa shape index (κ1) is 10.4. The molecule has 0 radical (unpaired) electrons. The van der Waals surface area contributed by atoms with E-state index in [-0.39, 0.29) is 0 Å². The van der Waals surface area contributed by atoms with Gasteiger partial charge in [-0.1, -0.05) is 16.1 Å². The molecule has 1 heterocycles. The average Bonchev–Trinajstić information content (AvgIpc) is 2.47. The highest BCUT2D eigenvalue weighted by atomic mass is 35.5. The lowest BCUT2D eigenvalue weighted by atomic mass is 10.3. The molecule has 2 N–H and O–H groups in total. The van der Waals surface area contributed by atoms with Crippen molar-refractivity contribution >= 4 is 29.1 Å². The van der Waals surface area contributed by atoms with E-state index in [1.165, 1.54) is 0 Å². The standard InChI is InChI=1S/C6H8ClN3O2S/c1-3(6(11)12)8-2-4-5(7)13-10-9-4/h3,8H,2H2,1H3,(H,11,12)/t3-/m1/s1. The molecular formula is C6H8ClN3O2S. The minimum Gasteiger partial charge on any atom is -0.480 e. The highest BCUT2D eigenvalue weighted by Gasteiger charge is 2.11. The summed E-state index contributed by atoms with van der Waals surface area (Å²) >= 11 is 6.79. The van der Waals surface area contributed by atoms with E-state index in [0.717, 1.165) is 11.5 Å². The summed E-state index contributed by atoms with van der Waals surface area (Å²) < 4.78 is 4.11. The molecule has 0 aliphatic rings. The molecule has 0 unspecified atom stereocenters. The molecule has 0 aromatic carbocycles. The second kappa shape index (κ2) is 4.50. The number of nitrogens with one attached hydrogen (secondary N) is 1. The van der Waals surface area contributed by atoms with E-state index in [9.17, 15) is 4.79 Å². The second-order valence-corrected chi connectivity index (χ2v) is 3.79. The van der Waals surface area contributed by atoms with Gasteiger partial charge in [-0.25, -0.2) is 0 Å². The Bertz CT molecular complexity index is 304. The third kappa shape index (κ3) is 2.91. The normalized spacial score (nSPS) is 12.8. The Morgan fingerprint density at radius 3 is 3.00 bits per heavy atom. The highest BCUT2D eigenvalue weighted by Crippen LogP contribution is 2.16. The molecule has 1 atom stereocenters. The SMILES string of the molecule is C[C@@H](NCc1nnsc1Cl)C(=O)O. The first-order valence-electron chi connectivity index (χ1n) is 3.54. The van der Waals surface area contributed by atoms with Crippen molar-refractivity contribution in [1.29, 1.82) is 0 Å². The van der Waals surface area contributed by atoms with Crippen molar-refractivity contribution in [3.63, 3.8) is 0 Å². The minimum atomic E-state index is -0.903. The average molecular weight is 222 g/mol. The predicted molar refractivity (Wildman–Crippen MR) is 48.9 cm³/mol. The molecule has 13 heavy (non-hydrogen) atoms. The van der Waals surface area contributed by atoms with Crippen LogP contribution >= 0.6 is 23.1 Å². The molecule has 72 valence electrons. The zero-order chi connectivity index (χ0) is 9.84. The van der Waals surface area contributed by atoms with Gasteiger partial charge in [0.2, 0.25) is 0 Å². The van der Waals surface area contributed by atoms with Crippen LogP contribution in [0.2, 0.25) is 4.34 Å². The first-order chi connectivity index (χ1) is 6.11. The maximum atomic E-state index is 10.4. The first-order valence-corrected chi connectivity index (χ1v) is 4.69. The van der Waals surface area contributed by atoms with E-state index in [1.54, 1.807) is 6.92 Å². The summed E-state index contributed by atoms with van der Waals surface area (Å²) in [7, 11) is 0. The summed E-state index contributed by atoms with van der Waals surface area (Å²) in [6.45, 7) is 1.87. The molecule has 0 amide bonds. The Labute approximate surface area is 83.9 Å². The Morgan fingerprint density at radius 2 is 2.54 bits per heavy atom. The highest BCUT2D eigenvalue weighted by molar-refractivity contribution is 7.10. The Balaban J connectivity index is 2.44. The summed E-state index contributed by atoms with van der Waals surface area (Å²) in [5.41, 5.74) is 0.583. The van der Waals surface area contributed by atoms with Gasteiger partial charge in [0.05, 0.1) is 0 Å². The molecule has 0 saturated carbocycles. The van der Waals surface area contributed by atoms with Crippen molar-refractivity contribution in [2.45, 2.75) is 19.5 Å². The van der Waals surface area contributed by atoms with Gasteiger partial charge in [-0.15, -0.1) is 5.10 Å². The van der Waals surface area contributed by atoms with Crippen LogP contribution in [0.4, 0.5) is 0 Å². The number of halogens is 1. The molecule has 1 aromatic rings. The van der Waals surface area contributed by atoms with E-state index in [2.05, 4.69) is 14.9 Å². The molecule has 0 aliphatic carbocycles. The van der Waals surface area contributed by atoms with Gasteiger partial charge >= 0.3 is 5.97 Å². The van der Waals surface area contributed by atoms with Gasteiger partial charge in [0.15, 0.2) is 0 Å². The zero-order valence-electron chi connectivity index (χ0n) is 6.82. The fraction of sp³-hybridized carbons (Fsp3) is 0.500. The van der Waals surface area contributed by atoms with Gasteiger partial charge in [0.25, 0.3) is 0 Å². The van der Waals surface area contributed by atoms with Crippen LogP contribution in [0.1, 0.15) is 12.6 Å². The second-order valence-electron chi connectivity index (χ2n) is 2.43. The predicted octanol–water partition coefficient (Wildman–Crippen LogP) is 0.754. The van der Waals surface area contributed by atoms with Crippen LogP contribution in [-0.4, -0.2) is 26.7 Å². The maximum Gasteiger partial charge on any atom is 0.320 e. The number of nitrogens with zero attached hydrogens (tertiary/aromatic N) is 2. The third-order valence-corrected chi connectivity index (χ3v) is 2.44. The minimum absolute atomic E-state index is 0.322. The number of carboxylic acids is 1. The summed E-state index contributed by atoms with van der Waals surface area (Å²) in [4.78, 5) is 10.4. The molecule has 0 bridgehead atoms. The van der Waals surface area contributed by atoms with Crippen LogP contribution in [0, 0.1) is 0 Å². The van der Waals surface area contributed by atoms with Crippen molar-refractivity contribution in [1.82, 2.24) is 14.9 Å². The molecule has 1 rings (SSSR count). The summed E-state index contributed by atoms with van der Waals surface area (Å²) in [6.07, 6.45) is 0. The third-order valence-electron chi connectivity index (χ3n) is 1.46. The fourth-order valence-electron chi connectivity index (χ4n) is 0.639. The Hall–Kier alpha value is -0.720. The van der Waals surface area contributed by atoms with E-state index >= 15 is 0 Å². The quantitative estimate of drug-likeness (QED) is 0.785. The molecule has 0 fully saturated rings. The van der Waals surface area contributed by atoms with Crippen molar-refractivity contribution in [3.8, 4) is 0 Å². The van der Waals surface area contributed by atoms with E-state index in [0.29, 0.717) is 16.6 Å². The van der Waals surface area contributed by atoms with Gasteiger partial charge in [-0.2, -0.15) is 0 Å². The number of hydrogen-bond acceptors (Lipinski definition) is 5. The molecule has 0 saturated heterocycles. The lowest BCUT2D eigenvalue weighted by Gasteiger charge is -2.06. The summed E-state index contributed by atoms with van der Waals surface area (Å²) in [5, 5.41) is 15.0. The van der Waals surface area contributed by atoms with Crippen LogP contribution in [0.15, 0.2) is 0 Å².